The van der Waals surface area contributed by atoms with Crippen molar-refractivity contribution in [1.82, 2.24) is 9.21 Å². The Morgan fingerprint density at radius 2 is 1.40 bits per heavy atom. The lowest BCUT2D eigenvalue weighted by Gasteiger charge is -2.36. The van der Waals surface area contributed by atoms with Crippen LogP contribution >= 0.6 is 0 Å². The summed E-state index contributed by atoms with van der Waals surface area (Å²) in [4.78, 5) is 2.45. The van der Waals surface area contributed by atoms with Gasteiger partial charge in [-0.05, 0) is 73.4 Å². The summed E-state index contributed by atoms with van der Waals surface area (Å²) < 4.78 is 66.9. The molecule has 0 radical (unpaired) electrons. The molecule has 0 aromatic heterocycles. The van der Waals surface area contributed by atoms with Gasteiger partial charge >= 0.3 is 10.1 Å². The second kappa shape index (κ2) is 10.9. The number of hydrogen-bond donors (Lipinski definition) is 0. The van der Waals surface area contributed by atoms with Crippen molar-refractivity contribution >= 4 is 20.1 Å². The maximum atomic E-state index is 14.1. The molecule has 10 heteroatoms. The maximum absolute atomic E-state index is 14.1. The molecule has 1 fully saturated rings. The highest BCUT2D eigenvalue weighted by atomic mass is 32.2. The van der Waals surface area contributed by atoms with Crippen LogP contribution in [-0.2, 0) is 26.6 Å². The van der Waals surface area contributed by atoms with Crippen molar-refractivity contribution in [1.29, 1.82) is 0 Å². The number of fused-ring (bicyclic) bond motifs is 3. The quantitative estimate of drug-likeness (QED) is 0.262. The molecule has 2 unspecified atom stereocenters. The van der Waals surface area contributed by atoms with E-state index in [1.807, 2.05) is 26.0 Å². The summed E-state index contributed by atoms with van der Waals surface area (Å²) in [5.74, 6) is 0.213. The number of benzene rings is 4. The molecule has 0 bridgehead atoms. The summed E-state index contributed by atoms with van der Waals surface area (Å²) in [7, 11) is -6.57. The van der Waals surface area contributed by atoms with Crippen molar-refractivity contribution in [3.8, 4) is 11.5 Å². The van der Waals surface area contributed by atoms with Gasteiger partial charge in [-0.1, -0.05) is 65.7 Å². The number of rotatable bonds is 7. The Morgan fingerprint density at radius 3 is 2.07 bits per heavy atom. The highest BCUT2D eigenvalue weighted by Gasteiger charge is 2.48. The molecule has 8 nitrogen and oxygen atoms in total. The third-order valence-corrected chi connectivity index (χ3v) is 11.1. The molecule has 218 valence electrons. The molecule has 4 aromatic rings. The van der Waals surface area contributed by atoms with Crippen LogP contribution in [0.5, 0.6) is 11.5 Å². The third-order valence-electron chi connectivity index (χ3n) is 8.02. The van der Waals surface area contributed by atoms with E-state index in [-0.39, 0.29) is 33.9 Å². The van der Waals surface area contributed by atoms with Crippen LogP contribution in [0.1, 0.15) is 40.0 Å². The zero-order chi connectivity index (χ0) is 29.6. The first-order valence-corrected chi connectivity index (χ1v) is 16.5. The van der Waals surface area contributed by atoms with Crippen molar-refractivity contribution in [2.75, 3.05) is 20.2 Å². The van der Waals surface area contributed by atoms with Crippen LogP contribution in [0, 0.1) is 13.8 Å². The van der Waals surface area contributed by atoms with Crippen LogP contribution in [0.15, 0.2) is 101 Å². The molecule has 2 aliphatic rings. The first-order valence-electron chi connectivity index (χ1n) is 13.7. The smallest absolute Gasteiger partial charge is 0.339 e. The van der Waals surface area contributed by atoms with Crippen molar-refractivity contribution in [2.45, 2.75) is 42.3 Å². The van der Waals surface area contributed by atoms with Gasteiger partial charge in [0, 0.05) is 13.1 Å². The summed E-state index contributed by atoms with van der Waals surface area (Å²) in [6.45, 7) is 4.73. The average Bonchev–Trinajstić information content (AvgIpc) is 3.39. The summed E-state index contributed by atoms with van der Waals surface area (Å²) in [5, 5.41) is 0. The lowest BCUT2D eigenvalue weighted by molar-refractivity contribution is 0.154. The zero-order valence-corrected chi connectivity index (χ0v) is 25.2. The minimum Gasteiger partial charge on any atom is -0.493 e. The topological polar surface area (TPSA) is 93.2 Å². The molecule has 4 aromatic carbocycles. The Balaban J connectivity index is 1.41. The third kappa shape index (κ3) is 5.09. The van der Waals surface area contributed by atoms with Gasteiger partial charge in [-0.15, -0.1) is 0 Å². The van der Waals surface area contributed by atoms with Crippen LogP contribution in [0.2, 0.25) is 0 Å². The van der Waals surface area contributed by atoms with E-state index >= 15 is 0 Å². The Kier molecular flexibility index (Phi) is 7.34. The number of sulfonamides is 1. The predicted octanol–water partition coefficient (Wildman–Crippen LogP) is 5.38. The van der Waals surface area contributed by atoms with Gasteiger partial charge in [-0.2, -0.15) is 12.7 Å². The second-order valence-corrected chi connectivity index (χ2v) is 14.2. The fourth-order valence-electron chi connectivity index (χ4n) is 5.82. The van der Waals surface area contributed by atoms with E-state index < -0.39 is 26.3 Å². The van der Waals surface area contributed by atoms with Crippen LogP contribution in [0.4, 0.5) is 0 Å². The molecule has 0 aliphatic carbocycles. The van der Waals surface area contributed by atoms with Crippen LogP contribution in [0.25, 0.3) is 0 Å². The number of nitrogens with zero attached hydrogens (tertiary/aromatic N) is 2. The summed E-state index contributed by atoms with van der Waals surface area (Å²) in [6.07, 6.45) is 0.153. The number of ether oxygens (including phenoxy) is 1. The molecule has 2 atom stereocenters. The van der Waals surface area contributed by atoms with Crippen LogP contribution in [-0.4, -0.2) is 46.2 Å². The van der Waals surface area contributed by atoms with Gasteiger partial charge in [0.25, 0.3) is 0 Å². The molecular weight excluding hydrogens is 572 g/mol. The number of hydrogen-bond acceptors (Lipinski definition) is 7. The van der Waals surface area contributed by atoms with Crippen LogP contribution in [0.3, 0.4) is 0 Å². The summed E-state index contributed by atoms with van der Waals surface area (Å²) in [5.41, 5.74) is 4.89. The molecule has 0 spiro atoms. The Labute approximate surface area is 247 Å². The fourth-order valence-corrected chi connectivity index (χ4v) is 8.35. The van der Waals surface area contributed by atoms with E-state index in [4.69, 9.17) is 8.92 Å². The monoisotopic (exact) mass is 604 g/mol. The Morgan fingerprint density at radius 1 is 0.762 bits per heavy atom. The van der Waals surface area contributed by atoms with Gasteiger partial charge in [0.1, 0.15) is 11.1 Å². The highest BCUT2D eigenvalue weighted by Crippen LogP contribution is 2.48. The lowest BCUT2D eigenvalue weighted by Crippen LogP contribution is -2.37. The van der Waals surface area contributed by atoms with Crippen molar-refractivity contribution in [3.05, 3.63) is 119 Å². The maximum Gasteiger partial charge on any atom is 0.339 e. The SMILES string of the molecule is COc1cc(C2N3CCc4ccccc4C3CN2S(=O)(=O)c2ccc(C)cc2)ccc1OS(=O)(=O)c1ccc(C)cc1. The van der Waals surface area contributed by atoms with E-state index in [2.05, 4.69) is 17.0 Å². The largest absolute Gasteiger partial charge is 0.493 e. The molecule has 0 saturated carbocycles. The Hall–Kier alpha value is -3.70. The molecular formula is C32H32N2O6S2. The number of methoxy groups -OCH3 is 1. The molecule has 6 rings (SSSR count). The van der Waals surface area contributed by atoms with E-state index in [1.54, 1.807) is 52.8 Å². The van der Waals surface area contributed by atoms with E-state index in [0.29, 0.717) is 12.1 Å². The molecule has 1 saturated heterocycles. The molecule has 0 amide bonds. The van der Waals surface area contributed by atoms with Crippen LogP contribution < -0.4 is 8.92 Å². The van der Waals surface area contributed by atoms with Gasteiger partial charge in [0.05, 0.1) is 18.0 Å². The normalized spacial score (nSPS) is 19.2. The first kappa shape index (κ1) is 28.4. The highest BCUT2D eigenvalue weighted by molar-refractivity contribution is 7.89. The standard InChI is InChI=1S/C32H32N2O6S2/c1-22-8-13-26(14-9-22)41(35,36)34-21-29-28-7-5-4-6-24(28)18-19-33(29)32(34)25-12-17-30(31(20-25)39-3)40-42(37,38)27-15-10-23(2)11-16-27/h4-17,20,29,32H,18-19,21H2,1-3H3. The van der Waals surface area contributed by atoms with E-state index in [9.17, 15) is 16.8 Å². The van der Waals surface area contributed by atoms with E-state index in [0.717, 1.165) is 23.1 Å². The van der Waals surface area contributed by atoms with Crippen molar-refractivity contribution in [2.24, 2.45) is 0 Å². The lowest BCUT2D eigenvalue weighted by atomic mass is 9.93. The van der Waals surface area contributed by atoms with Gasteiger partial charge in [-0.3, -0.25) is 4.90 Å². The summed E-state index contributed by atoms with van der Waals surface area (Å²) >= 11 is 0. The molecule has 42 heavy (non-hydrogen) atoms. The van der Waals surface area contributed by atoms with Gasteiger partial charge in [-0.25, -0.2) is 8.42 Å². The van der Waals surface area contributed by atoms with Crippen molar-refractivity contribution in [3.63, 3.8) is 0 Å². The van der Waals surface area contributed by atoms with Gasteiger partial charge in [0.15, 0.2) is 11.5 Å². The summed E-state index contributed by atoms with van der Waals surface area (Å²) in [6, 6.07) is 26.2. The molecule has 0 N–H and O–H groups in total. The van der Waals surface area contributed by atoms with Gasteiger partial charge < -0.3 is 8.92 Å². The van der Waals surface area contributed by atoms with E-state index in [1.165, 1.54) is 30.9 Å². The second-order valence-electron chi connectivity index (χ2n) is 10.7. The minimum atomic E-state index is -4.12. The Bertz CT molecular complexity index is 1840. The average molecular weight is 605 g/mol. The van der Waals surface area contributed by atoms with Gasteiger partial charge in [0.2, 0.25) is 10.0 Å². The fraction of sp³-hybridized carbons (Fsp3) is 0.250. The molecule has 2 heterocycles. The first-order chi connectivity index (χ1) is 20.1. The zero-order valence-electron chi connectivity index (χ0n) is 23.6. The number of aryl methyl sites for hydroxylation is 2. The predicted molar refractivity (Wildman–Crippen MR) is 159 cm³/mol. The molecule has 2 aliphatic heterocycles. The minimum absolute atomic E-state index is 0.0216. The van der Waals surface area contributed by atoms with Crippen molar-refractivity contribution < 1.29 is 25.8 Å².